The second kappa shape index (κ2) is 5.71. The maximum Gasteiger partial charge on any atom is 0.309 e. The Morgan fingerprint density at radius 2 is 2.39 bits per heavy atom. The van der Waals surface area contributed by atoms with Crippen LogP contribution in [0.25, 0.3) is 0 Å². The summed E-state index contributed by atoms with van der Waals surface area (Å²) in [5.41, 5.74) is 0.546. The molecule has 0 aliphatic heterocycles. The van der Waals surface area contributed by atoms with E-state index in [4.69, 9.17) is 5.11 Å². The molecule has 1 aromatic rings. The molecule has 1 aliphatic rings. The molecule has 0 bridgehead atoms. The topological polar surface area (TPSA) is 79.3 Å². The summed E-state index contributed by atoms with van der Waals surface area (Å²) in [6.07, 6.45) is 2.08. The first-order chi connectivity index (χ1) is 8.54. The molecule has 1 heterocycles. The minimum absolute atomic E-state index is 0.0254. The summed E-state index contributed by atoms with van der Waals surface area (Å²) in [5.74, 6) is -0.867. The molecule has 0 radical (unpaired) electrons. The number of thioether (sulfide) groups is 1. The Bertz CT molecular complexity index is 457. The fourth-order valence-corrected chi connectivity index (χ4v) is 3.32. The van der Waals surface area contributed by atoms with Crippen LogP contribution in [0.15, 0.2) is 9.72 Å². The van der Waals surface area contributed by atoms with Crippen molar-refractivity contribution >= 4 is 35.0 Å². The number of hydrogen-bond acceptors (Lipinski definition) is 5. The van der Waals surface area contributed by atoms with E-state index in [1.165, 1.54) is 23.1 Å². The van der Waals surface area contributed by atoms with Crippen molar-refractivity contribution in [2.45, 2.75) is 41.8 Å². The van der Waals surface area contributed by atoms with Crippen molar-refractivity contribution in [2.24, 2.45) is 0 Å². The summed E-state index contributed by atoms with van der Waals surface area (Å²) in [4.78, 5) is 26.5. The third-order valence-electron chi connectivity index (χ3n) is 2.43. The van der Waals surface area contributed by atoms with E-state index in [0.29, 0.717) is 11.7 Å². The SMILES string of the molecule is CC(Sc1nc(CC(=O)O)cs1)C(=O)NC1CC1. The van der Waals surface area contributed by atoms with Crippen molar-refractivity contribution in [3.8, 4) is 0 Å². The first-order valence-electron chi connectivity index (χ1n) is 5.68. The maximum atomic E-state index is 11.7. The molecular formula is C11H14N2O3S2. The van der Waals surface area contributed by atoms with Crippen molar-refractivity contribution in [3.63, 3.8) is 0 Å². The van der Waals surface area contributed by atoms with Gasteiger partial charge in [-0.3, -0.25) is 9.59 Å². The van der Waals surface area contributed by atoms with Gasteiger partial charge in [-0.25, -0.2) is 4.98 Å². The van der Waals surface area contributed by atoms with E-state index in [1.807, 2.05) is 6.92 Å². The smallest absolute Gasteiger partial charge is 0.309 e. The predicted octanol–water partition coefficient (Wildman–Crippen LogP) is 1.53. The zero-order chi connectivity index (χ0) is 13.1. The zero-order valence-corrected chi connectivity index (χ0v) is 11.5. The van der Waals surface area contributed by atoms with Crippen LogP contribution < -0.4 is 5.32 Å². The van der Waals surface area contributed by atoms with Gasteiger partial charge in [-0.2, -0.15) is 0 Å². The largest absolute Gasteiger partial charge is 0.481 e. The van der Waals surface area contributed by atoms with Crippen LogP contribution in [0.5, 0.6) is 0 Å². The average molecular weight is 286 g/mol. The molecule has 18 heavy (non-hydrogen) atoms. The number of carboxylic acids is 1. The monoisotopic (exact) mass is 286 g/mol. The first-order valence-corrected chi connectivity index (χ1v) is 7.44. The summed E-state index contributed by atoms with van der Waals surface area (Å²) in [7, 11) is 0. The highest BCUT2D eigenvalue weighted by Crippen LogP contribution is 2.28. The molecule has 0 saturated heterocycles. The number of rotatable bonds is 6. The minimum Gasteiger partial charge on any atom is -0.481 e. The van der Waals surface area contributed by atoms with Crippen LogP contribution in [-0.2, 0) is 16.0 Å². The van der Waals surface area contributed by atoms with E-state index in [1.54, 1.807) is 5.38 Å². The van der Waals surface area contributed by atoms with E-state index in [0.717, 1.165) is 17.2 Å². The minimum atomic E-state index is -0.892. The lowest BCUT2D eigenvalue weighted by molar-refractivity contribution is -0.136. The molecule has 1 aromatic heterocycles. The quantitative estimate of drug-likeness (QED) is 0.775. The van der Waals surface area contributed by atoms with Crippen LogP contribution in [-0.4, -0.2) is 33.3 Å². The first kappa shape index (κ1) is 13.4. The third kappa shape index (κ3) is 3.99. The van der Waals surface area contributed by atoms with Gasteiger partial charge in [0.25, 0.3) is 0 Å². The number of hydrogen-bond donors (Lipinski definition) is 2. The lowest BCUT2D eigenvalue weighted by atomic mass is 10.3. The number of amides is 1. The number of carbonyl (C=O) groups excluding carboxylic acids is 1. The van der Waals surface area contributed by atoms with E-state index in [9.17, 15) is 9.59 Å². The van der Waals surface area contributed by atoms with Crippen LogP contribution in [0.3, 0.4) is 0 Å². The van der Waals surface area contributed by atoms with Crippen molar-refractivity contribution in [1.29, 1.82) is 0 Å². The van der Waals surface area contributed by atoms with Crippen LogP contribution in [0.4, 0.5) is 0 Å². The highest BCUT2D eigenvalue weighted by atomic mass is 32.2. The molecule has 1 fully saturated rings. The number of carbonyl (C=O) groups is 2. The van der Waals surface area contributed by atoms with Gasteiger partial charge < -0.3 is 10.4 Å². The number of nitrogens with one attached hydrogen (secondary N) is 1. The maximum absolute atomic E-state index is 11.7. The molecule has 1 amide bonds. The molecule has 1 saturated carbocycles. The van der Waals surface area contributed by atoms with Crippen molar-refractivity contribution in [1.82, 2.24) is 10.3 Å². The number of aliphatic carboxylic acids is 1. The van der Waals surface area contributed by atoms with Gasteiger partial charge in [-0.05, 0) is 19.8 Å². The molecule has 1 unspecified atom stereocenters. The van der Waals surface area contributed by atoms with Gasteiger partial charge in [-0.15, -0.1) is 11.3 Å². The second-order valence-corrected chi connectivity index (χ2v) is 6.66. The lowest BCUT2D eigenvalue weighted by Crippen LogP contribution is -2.32. The van der Waals surface area contributed by atoms with Gasteiger partial charge >= 0.3 is 5.97 Å². The highest BCUT2D eigenvalue weighted by Gasteiger charge is 2.26. The Kier molecular flexibility index (Phi) is 4.23. The summed E-state index contributed by atoms with van der Waals surface area (Å²) < 4.78 is 0.740. The Labute approximate surface area is 113 Å². The van der Waals surface area contributed by atoms with Gasteiger partial charge in [0.2, 0.25) is 5.91 Å². The molecule has 7 heteroatoms. The Morgan fingerprint density at radius 1 is 1.67 bits per heavy atom. The van der Waals surface area contributed by atoms with E-state index < -0.39 is 5.97 Å². The third-order valence-corrected chi connectivity index (χ3v) is 4.55. The fourth-order valence-electron chi connectivity index (χ4n) is 1.33. The van der Waals surface area contributed by atoms with Crippen molar-refractivity contribution in [2.75, 3.05) is 0 Å². The summed E-state index contributed by atoms with van der Waals surface area (Å²) in [6, 6.07) is 0.361. The van der Waals surface area contributed by atoms with Gasteiger partial charge in [-0.1, -0.05) is 11.8 Å². The standard InChI is InChI=1S/C11H14N2O3S2/c1-6(10(16)12-7-2-3-7)18-11-13-8(5-17-11)4-9(14)15/h5-7H,2-4H2,1H3,(H,12,16)(H,14,15). The number of thiazole rings is 1. The molecule has 0 aromatic carbocycles. The van der Waals surface area contributed by atoms with Crippen LogP contribution >= 0.6 is 23.1 Å². The van der Waals surface area contributed by atoms with Gasteiger partial charge in [0.05, 0.1) is 17.4 Å². The van der Waals surface area contributed by atoms with E-state index in [-0.39, 0.29) is 17.6 Å². The molecule has 0 spiro atoms. The normalized spacial score (nSPS) is 16.3. The average Bonchev–Trinajstić information content (AvgIpc) is 2.99. The van der Waals surface area contributed by atoms with Gasteiger partial charge in [0.1, 0.15) is 0 Å². The molecular weight excluding hydrogens is 272 g/mol. The lowest BCUT2D eigenvalue weighted by Gasteiger charge is -2.09. The Morgan fingerprint density at radius 3 is 3.00 bits per heavy atom. The fraction of sp³-hybridized carbons (Fsp3) is 0.545. The summed E-state index contributed by atoms with van der Waals surface area (Å²) in [6.45, 7) is 1.83. The zero-order valence-electron chi connectivity index (χ0n) is 9.88. The van der Waals surface area contributed by atoms with Gasteiger partial charge in [0.15, 0.2) is 4.34 Å². The van der Waals surface area contributed by atoms with Crippen LogP contribution in [0, 0.1) is 0 Å². The summed E-state index contributed by atoms with van der Waals surface area (Å²) in [5, 5.41) is 13.1. The predicted molar refractivity (Wildman–Crippen MR) is 69.9 cm³/mol. The number of aromatic nitrogens is 1. The van der Waals surface area contributed by atoms with Gasteiger partial charge in [0, 0.05) is 11.4 Å². The molecule has 2 N–H and O–H groups in total. The highest BCUT2D eigenvalue weighted by molar-refractivity contribution is 8.02. The Hall–Kier alpha value is -1.08. The molecule has 2 rings (SSSR count). The van der Waals surface area contributed by atoms with Crippen LogP contribution in [0.2, 0.25) is 0 Å². The van der Waals surface area contributed by atoms with E-state index in [2.05, 4.69) is 10.3 Å². The number of nitrogens with zero attached hydrogens (tertiary/aromatic N) is 1. The van der Waals surface area contributed by atoms with E-state index >= 15 is 0 Å². The second-order valence-electron chi connectivity index (χ2n) is 4.22. The molecule has 5 nitrogen and oxygen atoms in total. The summed E-state index contributed by atoms with van der Waals surface area (Å²) >= 11 is 2.75. The van der Waals surface area contributed by atoms with Crippen molar-refractivity contribution in [3.05, 3.63) is 11.1 Å². The number of carboxylic acid groups (broad SMARTS) is 1. The molecule has 1 aliphatic carbocycles. The molecule has 98 valence electrons. The Balaban J connectivity index is 1.85. The molecule has 1 atom stereocenters. The van der Waals surface area contributed by atoms with Crippen LogP contribution in [0.1, 0.15) is 25.5 Å². The van der Waals surface area contributed by atoms with Crippen molar-refractivity contribution < 1.29 is 14.7 Å².